The fourth-order valence-corrected chi connectivity index (χ4v) is 3.66. The first-order valence-corrected chi connectivity index (χ1v) is 8.18. The smallest absolute Gasteiger partial charge is 0.235 e. The van der Waals surface area contributed by atoms with Gasteiger partial charge in [-0.25, -0.2) is 0 Å². The van der Waals surface area contributed by atoms with Gasteiger partial charge in [-0.1, -0.05) is 25.6 Å². The number of thiocarbonyl (C=S) groups is 1. The highest BCUT2D eigenvalue weighted by molar-refractivity contribution is 7.80. The number of likely N-dealkylation sites (tertiary alicyclic amines) is 1. The van der Waals surface area contributed by atoms with Gasteiger partial charge in [-0.15, -0.1) is 0 Å². The Balaban J connectivity index is 2.09. The van der Waals surface area contributed by atoms with Gasteiger partial charge in [0, 0.05) is 26.3 Å². The van der Waals surface area contributed by atoms with Crippen molar-refractivity contribution < 1.29 is 9.53 Å². The zero-order valence-corrected chi connectivity index (χ0v) is 13.2. The second kappa shape index (κ2) is 6.85. The van der Waals surface area contributed by atoms with Crippen LogP contribution in [-0.2, 0) is 9.53 Å². The number of carbonyl (C=O) groups excluding carboxylic acids is 1. The normalized spacial score (nSPS) is 26.9. The van der Waals surface area contributed by atoms with Crippen LogP contribution in [0.5, 0.6) is 0 Å². The number of nitrogens with two attached hydrogens (primary N) is 1. The van der Waals surface area contributed by atoms with Crippen molar-refractivity contribution in [3.8, 4) is 0 Å². The zero-order valence-electron chi connectivity index (χ0n) is 12.4. The van der Waals surface area contributed by atoms with E-state index in [-0.39, 0.29) is 5.91 Å². The Labute approximate surface area is 127 Å². The molecule has 0 spiro atoms. The molecule has 1 atom stereocenters. The maximum Gasteiger partial charge on any atom is 0.235 e. The van der Waals surface area contributed by atoms with Crippen molar-refractivity contribution in [2.24, 2.45) is 17.1 Å². The van der Waals surface area contributed by atoms with Gasteiger partial charge in [0.05, 0.1) is 4.99 Å². The number of hydrogen-bond acceptors (Lipinski definition) is 3. The molecular formula is C15H26N2O2S. The molecule has 2 N–H and O–H groups in total. The second-order valence-corrected chi connectivity index (χ2v) is 6.50. The van der Waals surface area contributed by atoms with Crippen LogP contribution >= 0.6 is 12.2 Å². The average molecular weight is 298 g/mol. The number of ether oxygens (including phenoxy) is 1. The van der Waals surface area contributed by atoms with Crippen LogP contribution in [0.1, 0.15) is 45.4 Å². The van der Waals surface area contributed by atoms with Crippen molar-refractivity contribution in [3.05, 3.63) is 0 Å². The zero-order chi connectivity index (χ0) is 14.6. The minimum absolute atomic E-state index is 0.144. The maximum atomic E-state index is 13.0. The summed E-state index contributed by atoms with van der Waals surface area (Å²) in [6.45, 7) is 5.09. The first kappa shape index (κ1) is 15.7. The molecule has 2 aliphatic rings. The molecule has 2 rings (SSSR count). The molecule has 0 aromatic carbocycles. The van der Waals surface area contributed by atoms with Crippen molar-refractivity contribution in [1.82, 2.24) is 4.90 Å². The maximum absolute atomic E-state index is 13.0. The van der Waals surface area contributed by atoms with Crippen molar-refractivity contribution in [2.75, 3.05) is 26.3 Å². The highest BCUT2D eigenvalue weighted by Gasteiger charge is 2.45. The second-order valence-electron chi connectivity index (χ2n) is 6.06. The lowest BCUT2D eigenvalue weighted by molar-refractivity contribution is -0.142. The number of hydrogen-bond donors (Lipinski definition) is 1. The highest BCUT2D eigenvalue weighted by Crippen LogP contribution is 2.34. The average Bonchev–Trinajstić information content (AvgIpc) is 2.72. The molecule has 5 heteroatoms. The Morgan fingerprint density at radius 2 is 2.05 bits per heavy atom. The van der Waals surface area contributed by atoms with Crippen molar-refractivity contribution >= 4 is 23.1 Å². The third kappa shape index (κ3) is 3.14. The molecule has 1 unspecified atom stereocenters. The summed E-state index contributed by atoms with van der Waals surface area (Å²) in [5, 5.41) is 0. The topological polar surface area (TPSA) is 55.6 Å². The van der Waals surface area contributed by atoms with Crippen LogP contribution in [0.4, 0.5) is 0 Å². The van der Waals surface area contributed by atoms with E-state index in [4.69, 9.17) is 22.7 Å². The Hall–Kier alpha value is -0.680. The predicted octanol–water partition coefficient (Wildman–Crippen LogP) is 2.11. The first-order valence-electron chi connectivity index (χ1n) is 7.77. The van der Waals surface area contributed by atoms with Crippen molar-refractivity contribution in [1.29, 1.82) is 0 Å². The molecule has 2 aliphatic heterocycles. The molecule has 0 bridgehead atoms. The summed E-state index contributed by atoms with van der Waals surface area (Å²) >= 11 is 5.23. The monoisotopic (exact) mass is 298 g/mol. The van der Waals surface area contributed by atoms with Crippen molar-refractivity contribution in [3.63, 3.8) is 0 Å². The molecule has 1 amide bonds. The Bertz CT molecular complexity index is 367. The molecule has 0 radical (unpaired) electrons. The van der Waals surface area contributed by atoms with E-state index in [0.717, 1.165) is 31.8 Å². The standard InChI is InChI=1S/C15H26N2O2S/c1-2-12-4-3-8-17(9-5-12)14(18)15(13(16)20)6-10-19-11-7-15/h12H,2-11H2,1H3,(H2,16,20). The van der Waals surface area contributed by atoms with Crippen LogP contribution in [-0.4, -0.2) is 42.1 Å². The van der Waals surface area contributed by atoms with Gasteiger partial charge in [-0.3, -0.25) is 4.79 Å². The summed E-state index contributed by atoms with van der Waals surface area (Å²) in [4.78, 5) is 15.3. The van der Waals surface area contributed by atoms with E-state index < -0.39 is 5.41 Å². The summed E-state index contributed by atoms with van der Waals surface area (Å²) in [7, 11) is 0. The molecular weight excluding hydrogens is 272 g/mol. The van der Waals surface area contributed by atoms with Gasteiger partial charge in [0.25, 0.3) is 0 Å². The molecule has 0 saturated carbocycles. The summed E-state index contributed by atoms with van der Waals surface area (Å²) in [5.41, 5.74) is 5.28. The van der Waals surface area contributed by atoms with Gasteiger partial charge in [0.2, 0.25) is 5.91 Å². The van der Waals surface area contributed by atoms with Gasteiger partial charge in [-0.2, -0.15) is 0 Å². The highest BCUT2D eigenvalue weighted by atomic mass is 32.1. The van der Waals surface area contributed by atoms with E-state index in [1.807, 2.05) is 4.90 Å². The summed E-state index contributed by atoms with van der Waals surface area (Å²) < 4.78 is 5.39. The molecule has 0 aromatic rings. The lowest BCUT2D eigenvalue weighted by Crippen LogP contribution is -2.53. The number of amides is 1. The summed E-state index contributed by atoms with van der Waals surface area (Å²) in [6, 6.07) is 0. The van der Waals surface area contributed by atoms with Crippen molar-refractivity contribution in [2.45, 2.75) is 45.4 Å². The number of carbonyl (C=O) groups is 1. The Kier molecular flexibility index (Phi) is 5.38. The molecule has 0 aromatic heterocycles. The third-order valence-corrected chi connectivity index (χ3v) is 5.33. The summed E-state index contributed by atoms with van der Waals surface area (Å²) in [5.74, 6) is 0.897. The largest absolute Gasteiger partial charge is 0.392 e. The molecule has 4 nitrogen and oxygen atoms in total. The first-order chi connectivity index (χ1) is 9.60. The molecule has 20 heavy (non-hydrogen) atoms. The lowest BCUT2D eigenvalue weighted by Gasteiger charge is -2.38. The van der Waals surface area contributed by atoms with Gasteiger partial charge in [0.1, 0.15) is 5.41 Å². The van der Waals surface area contributed by atoms with Gasteiger partial charge in [-0.05, 0) is 38.0 Å². The lowest BCUT2D eigenvalue weighted by atomic mass is 9.78. The van der Waals surface area contributed by atoms with Gasteiger partial charge < -0.3 is 15.4 Å². The van der Waals surface area contributed by atoms with E-state index in [9.17, 15) is 4.79 Å². The number of nitrogens with zero attached hydrogens (tertiary/aromatic N) is 1. The van der Waals surface area contributed by atoms with E-state index in [1.54, 1.807) is 0 Å². The quantitative estimate of drug-likeness (QED) is 0.811. The van der Waals surface area contributed by atoms with Crippen LogP contribution in [0, 0.1) is 11.3 Å². The van der Waals surface area contributed by atoms with Crippen LogP contribution < -0.4 is 5.73 Å². The third-order valence-electron chi connectivity index (χ3n) is 4.94. The van der Waals surface area contributed by atoms with E-state index in [0.29, 0.717) is 31.0 Å². The molecule has 2 saturated heterocycles. The summed E-state index contributed by atoms with van der Waals surface area (Å²) in [6.07, 6.45) is 5.89. The molecule has 0 aliphatic carbocycles. The van der Waals surface area contributed by atoms with Crippen LogP contribution in [0.3, 0.4) is 0 Å². The molecule has 2 fully saturated rings. The van der Waals surface area contributed by atoms with Gasteiger partial charge >= 0.3 is 0 Å². The van der Waals surface area contributed by atoms with E-state index in [1.165, 1.54) is 12.8 Å². The Morgan fingerprint density at radius 1 is 1.35 bits per heavy atom. The van der Waals surface area contributed by atoms with E-state index >= 15 is 0 Å². The molecule has 114 valence electrons. The minimum atomic E-state index is -0.653. The van der Waals surface area contributed by atoms with Gasteiger partial charge in [0.15, 0.2) is 0 Å². The van der Waals surface area contributed by atoms with Crippen LogP contribution in [0.15, 0.2) is 0 Å². The van der Waals surface area contributed by atoms with E-state index in [2.05, 4.69) is 6.92 Å². The number of rotatable bonds is 3. The fraction of sp³-hybridized carbons (Fsp3) is 0.867. The predicted molar refractivity (Wildman–Crippen MR) is 83.5 cm³/mol. The van der Waals surface area contributed by atoms with Crippen LogP contribution in [0.25, 0.3) is 0 Å². The Morgan fingerprint density at radius 3 is 2.65 bits per heavy atom. The minimum Gasteiger partial charge on any atom is -0.392 e. The molecule has 2 heterocycles. The SMILES string of the molecule is CCC1CCCN(C(=O)C2(C(N)=S)CCOCC2)CC1. The fourth-order valence-electron chi connectivity index (χ4n) is 3.36. The van der Waals surface area contributed by atoms with Crippen LogP contribution in [0.2, 0.25) is 0 Å².